The average molecular weight is 515 g/mol. The number of para-hydroxylation sites is 2. The van der Waals surface area contributed by atoms with Gasteiger partial charge in [0.25, 0.3) is 0 Å². The summed E-state index contributed by atoms with van der Waals surface area (Å²) in [4.78, 5) is 17.3. The Bertz CT molecular complexity index is 1750. The van der Waals surface area contributed by atoms with Crippen molar-refractivity contribution in [2.75, 3.05) is 11.4 Å². The van der Waals surface area contributed by atoms with Crippen LogP contribution in [0.5, 0.6) is 0 Å². The van der Waals surface area contributed by atoms with Crippen LogP contribution in [0.3, 0.4) is 0 Å². The first kappa shape index (κ1) is 25.4. The van der Waals surface area contributed by atoms with Crippen LogP contribution < -0.4 is 15.5 Å². The molecule has 4 aromatic rings. The summed E-state index contributed by atoms with van der Waals surface area (Å²) in [6.45, 7) is 15.3. The number of hydrogen-bond acceptors (Lipinski definition) is 2. The molecule has 6 rings (SSSR count). The van der Waals surface area contributed by atoms with Crippen LogP contribution in [0, 0.1) is 0 Å². The molecule has 3 nitrogen and oxygen atoms in total. The number of anilines is 1. The van der Waals surface area contributed by atoms with E-state index in [0.717, 1.165) is 88.2 Å². The Balaban J connectivity index is 1.72. The van der Waals surface area contributed by atoms with Crippen molar-refractivity contribution in [2.24, 2.45) is 0 Å². The monoisotopic (exact) mass is 514 g/mol. The van der Waals surface area contributed by atoms with E-state index in [4.69, 9.17) is 0 Å². The van der Waals surface area contributed by atoms with E-state index >= 15 is 0 Å². The van der Waals surface area contributed by atoms with Crippen LogP contribution in [0.15, 0.2) is 78.5 Å². The molecular weight excluding hydrogens is 476 g/mol. The molecule has 0 unspecified atom stereocenters. The number of ketones is 1. The lowest BCUT2D eigenvalue weighted by atomic mass is 9.81. The van der Waals surface area contributed by atoms with E-state index in [9.17, 15) is 4.79 Å². The number of aromatic nitrogens is 1. The number of rotatable bonds is 6. The van der Waals surface area contributed by atoms with E-state index in [2.05, 4.69) is 117 Å². The third kappa shape index (κ3) is 3.74. The van der Waals surface area contributed by atoms with Crippen LogP contribution in [-0.2, 0) is 16.8 Å². The molecule has 2 heterocycles. The quantitative estimate of drug-likeness (QED) is 0.260. The van der Waals surface area contributed by atoms with Gasteiger partial charge in [-0.25, -0.2) is 0 Å². The molecule has 0 N–H and O–H groups in total. The van der Waals surface area contributed by atoms with Crippen molar-refractivity contribution in [1.29, 1.82) is 0 Å². The van der Waals surface area contributed by atoms with Crippen molar-refractivity contribution >= 4 is 40.1 Å². The minimum atomic E-state index is -0.292. The van der Waals surface area contributed by atoms with Crippen LogP contribution >= 0.6 is 0 Å². The van der Waals surface area contributed by atoms with Crippen LogP contribution in [-0.4, -0.2) is 16.9 Å². The van der Waals surface area contributed by atoms with E-state index in [-0.39, 0.29) is 11.2 Å². The Morgan fingerprint density at radius 1 is 0.769 bits per heavy atom. The molecule has 0 bridgehead atoms. The van der Waals surface area contributed by atoms with Crippen LogP contribution in [0.4, 0.5) is 5.69 Å². The first-order chi connectivity index (χ1) is 18.9. The maximum absolute atomic E-state index is 14.9. The van der Waals surface area contributed by atoms with Crippen molar-refractivity contribution in [3.63, 3.8) is 0 Å². The SMILES string of the molecule is C=c1/c(=C2\C(=O)/C(=C3/N(CCCC)c4ccccc4C3(C)C)c3ccccc32)n(CCCC)c2ccccc12. The third-order valence-electron chi connectivity index (χ3n) is 8.67. The largest absolute Gasteiger partial charge is 0.343 e. The third-order valence-corrected chi connectivity index (χ3v) is 8.67. The molecule has 3 heteroatoms. The molecule has 0 saturated heterocycles. The van der Waals surface area contributed by atoms with Gasteiger partial charge in [-0.2, -0.15) is 0 Å². The first-order valence-electron chi connectivity index (χ1n) is 14.5. The highest BCUT2D eigenvalue weighted by Gasteiger charge is 2.46. The Hall–Kier alpha value is -3.85. The molecule has 1 aliphatic carbocycles. The molecule has 0 atom stereocenters. The molecule has 1 aliphatic heterocycles. The Morgan fingerprint density at radius 2 is 1.38 bits per heavy atom. The van der Waals surface area contributed by atoms with E-state index in [1.54, 1.807) is 0 Å². The Kier molecular flexibility index (Phi) is 6.33. The first-order valence-corrected chi connectivity index (χ1v) is 14.5. The van der Waals surface area contributed by atoms with E-state index in [0.29, 0.717) is 0 Å². The highest BCUT2D eigenvalue weighted by Crippen LogP contribution is 2.52. The smallest absolute Gasteiger partial charge is 0.198 e. The van der Waals surface area contributed by atoms with Gasteiger partial charge in [-0.1, -0.05) is 108 Å². The number of hydrogen-bond donors (Lipinski definition) is 0. The van der Waals surface area contributed by atoms with Crippen molar-refractivity contribution < 1.29 is 4.79 Å². The number of nitrogens with zero attached hydrogens (tertiary/aromatic N) is 2. The number of fused-ring (bicyclic) bond motifs is 3. The van der Waals surface area contributed by atoms with Crippen molar-refractivity contribution in [2.45, 2.75) is 65.3 Å². The molecular formula is C36H38N2O. The van der Waals surface area contributed by atoms with Crippen LogP contribution in [0.1, 0.15) is 70.1 Å². The van der Waals surface area contributed by atoms with Gasteiger partial charge in [0.15, 0.2) is 5.78 Å². The zero-order valence-corrected chi connectivity index (χ0v) is 23.7. The predicted molar refractivity (Wildman–Crippen MR) is 164 cm³/mol. The van der Waals surface area contributed by atoms with Gasteiger partial charge in [0, 0.05) is 46.0 Å². The number of carbonyl (C=O) groups excluding carboxylic acids is 1. The van der Waals surface area contributed by atoms with E-state index in [1.807, 2.05) is 0 Å². The van der Waals surface area contributed by atoms with Crippen molar-refractivity contribution in [3.8, 4) is 0 Å². The minimum Gasteiger partial charge on any atom is -0.343 e. The van der Waals surface area contributed by atoms with Gasteiger partial charge in [-0.15, -0.1) is 0 Å². The number of carbonyl (C=O) groups is 1. The van der Waals surface area contributed by atoms with Gasteiger partial charge >= 0.3 is 0 Å². The number of aryl methyl sites for hydroxylation is 1. The van der Waals surface area contributed by atoms with Gasteiger partial charge in [-0.3, -0.25) is 4.79 Å². The molecule has 1 aromatic heterocycles. The summed E-state index contributed by atoms with van der Waals surface area (Å²) in [7, 11) is 0. The second-order valence-corrected chi connectivity index (χ2v) is 11.5. The second-order valence-electron chi connectivity index (χ2n) is 11.5. The fourth-order valence-corrected chi connectivity index (χ4v) is 6.79. The molecule has 3 aromatic carbocycles. The normalized spacial score (nSPS) is 19.2. The number of benzene rings is 3. The molecule has 0 spiro atoms. The summed E-state index contributed by atoms with van der Waals surface area (Å²) in [5.41, 5.74) is 8.23. The predicted octanol–water partition coefficient (Wildman–Crippen LogP) is 6.94. The zero-order chi connectivity index (χ0) is 27.3. The number of unbranched alkanes of at least 4 members (excludes halogenated alkanes) is 2. The summed E-state index contributed by atoms with van der Waals surface area (Å²) < 4.78 is 2.35. The van der Waals surface area contributed by atoms with Gasteiger partial charge < -0.3 is 9.47 Å². The molecule has 0 fully saturated rings. The fourth-order valence-electron chi connectivity index (χ4n) is 6.79. The lowest BCUT2D eigenvalue weighted by molar-refractivity contribution is -0.108. The lowest BCUT2D eigenvalue weighted by Crippen LogP contribution is -2.33. The molecule has 198 valence electrons. The fraction of sp³-hybridized carbons (Fsp3) is 0.306. The average Bonchev–Trinajstić information content (AvgIpc) is 3.47. The second kappa shape index (κ2) is 9.72. The summed E-state index contributed by atoms with van der Waals surface area (Å²) in [5.74, 6) is 0.124. The molecule has 0 amide bonds. The molecule has 0 saturated carbocycles. The summed E-state index contributed by atoms with van der Waals surface area (Å²) in [5, 5.41) is 3.05. The topological polar surface area (TPSA) is 25.2 Å². The maximum Gasteiger partial charge on any atom is 0.198 e. The van der Waals surface area contributed by atoms with E-state index < -0.39 is 0 Å². The van der Waals surface area contributed by atoms with E-state index in [1.165, 1.54) is 11.3 Å². The molecule has 2 aliphatic rings. The molecule has 39 heavy (non-hydrogen) atoms. The summed E-state index contributed by atoms with van der Waals surface area (Å²) in [6.07, 6.45) is 4.32. The van der Waals surface area contributed by atoms with Gasteiger partial charge in [0.05, 0.1) is 16.5 Å². The number of Topliss-reactive ketones (excluding diaryl/α,β-unsaturated/α-hetero) is 1. The molecule has 0 radical (unpaired) electrons. The van der Waals surface area contributed by atoms with Crippen molar-refractivity contribution in [1.82, 2.24) is 4.57 Å². The van der Waals surface area contributed by atoms with Crippen LogP contribution in [0.2, 0.25) is 0 Å². The summed E-state index contributed by atoms with van der Waals surface area (Å²) >= 11 is 0. The Labute approximate surface area is 231 Å². The van der Waals surface area contributed by atoms with Gasteiger partial charge in [0.2, 0.25) is 0 Å². The summed E-state index contributed by atoms with van der Waals surface area (Å²) in [6, 6.07) is 25.5. The standard InChI is InChI=1S/C36H38N2O/c1-6-8-22-37-29-20-14-12-16-25(29)24(3)33(37)31-26-17-10-11-18-27(26)32(34(31)39)35-36(4,5)28-19-13-15-21-30(28)38(35)23-9-7-2/h10-21H,3,6-9,22-23H2,1-2,4-5H3/b33-31+,35-32+. The number of allylic oxidation sites excluding steroid dienone is 2. The van der Waals surface area contributed by atoms with Crippen LogP contribution in [0.25, 0.3) is 28.6 Å². The highest BCUT2D eigenvalue weighted by atomic mass is 16.1. The highest BCUT2D eigenvalue weighted by molar-refractivity contribution is 6.48. The lowest BCUT2D eigenvalue weighted by Gasteiger charge is -2.29. The Morgan fingerprint density at radius 3 is 2.13 bits per heavy atom. The zero-order valence-electron chi connectivity index (χ0n) is 23.7. The van der Waals surface area contributed by atoms with Gasteiger partial charge in [0.1, 0.15) is 0 Å². The van der Waals surface area contributed by atoms with Gasteiger partial charge in [-0.05, 0) is 41.7 Å². The van der Waals surface area contributed by atoms with Crippen molar-refractivity contribution in [3.05, 3.63) is 106 Å². The maximum atomic E-state index is 14.9. The minimum absolute atomic E-state index is 0.124.